The Morgan fingerprint density at radius 1 is 1.00 bits per heavy atom. The van der Waals surface area contributed by atoms with E-state index >= 15 is 0 Å². The van der Waals surface area contributed by atoms with Crippen molar-refractivity contribution in [3.63, 3.8) is 0 Å². The van der Waals surface area contributed by atoms with E-state index in [0.29, 0.717) is 5.76 Å². The molecule has 0 aromatic heterocycles. The van der Waals surface area contributed by atoms with Crippen LogP contribution in [0, 0.1) is 0 Å². The van der Waals surface area contributed by atoms with Crippen LogP contribution in [0.4, 0.5) is 0 Å². The van der Waals surface area contributed by atoms with E-state index in [1.165, 1.54) is 5.56 Å². The molecule has 0 fully saturated rings. The van der Waals surface area contributed by atoms with Crippen molar-refractivity contribution in [3.05, 3.63) is 66.4 Å². The highest BCUT2D eigenvalue weighted by molar-refractivity contribution is 6.16. The first-order valence-electron chi connectivity index (χ1n) is 5.83. The topological polar surface area (TPSA) is 21.6 Å². The number of aliphatic imine (C=N–C) groups is 1. The van der Waals surface area contributed by atoms with Gasteiger partial charge in [-0.1, -0.05) is 43.0 Å². The van der Waals surface area contributed by atoms with Gasteiger partial charge in [0.2, 0.25) is 0 Å². The van der Waals surface area contributed by atoms with E-state index in [0.717, 1.165) is 22.6 Å². The van der Waals surface area contributed by atoms with Crippen LogP contribution in [0.2, 0.25) is 0 Å². The predicted octanol–water partition coefficient (Wildman–Crippen LogP) is 3.68. The molecule has 3 rings (SSSR count). The summed E-state index contributed by atoms with van der Waals surface area (Å²) in [6.07, 6.45) is 0. The molecule has 0 bridgehead atoms. The Bertz CT molecular complexity index is 641. The summed E-state index contributed by atoms with van der Waals surface area (Å²) in [5.74, 6) is 1.46. The Kier molecular flexibility index (Phi) is 2.49. The Labute approximate surface area is 106 Å². The van der Waals surface area contributed by atoms with E-state index in [2.05, 4.69) is 35.8 Å². The van der Waals surface area contributed by atoms with E-state index in [-0.39, 0.29) is 0 Å². The van der Waals surface area contributed by atoms with Crippen molar-refractivity contribution < 1.29 is 4.74 Å². The highest BCUT2D eigenvalue weighted by atomic mass is 16.5. The Morgan fingerprint density at radius 2 is 1.78 bits per heavy atom. The van der Waals surface area contributed by atoms with Gasteiger partial charge in [-0.05, 0) is 23.3 Å². The maximum absolute atomic E-state index is 5.58. The van der Waals surface area contributed by atoms with Crippen LogP contribution in [0.15, 0.2) is 65.9 Å². The lowest BCUT2D eigenvalue weighted by Crippen LogP contribution is -1.98. The van der Waals surface area contributed by atoms with Crippen LogP contribution < -0.4 is 4.74 Å². The maximum atomic E-state index is 5.58. The van der Waals surface area contributed by atoms with Gasteiger partial charge in [0.15, 0.2) is 0 Å². The second-order valence-corrected chi connectivity index (χ2v) is 4.17. The van der Waals surface area contributed by atoms with Crippen LogP contribution in [0.3, 0.4) is 0 Å². The summed E-state index contributed by atoms with van der Waals surface area (Å²) in [7, 11) is 1.76. The van der Waals surface area contributed by atoms with Crippen LogP contribution in [0.5, 0.6) is 5.75 Å². The average Bonchev–Trinajstić information content (AvgIpc) is 2.74. The maximum Gasteiger partial charge on any atom is 0.146 e. The summed E-state index contributed by atoms with van der Waals surface area (Å²) < 4.78 is 5.58. The molecule has 2 aromatic rings. The number of benzene rings is 2. The van der Waals surface area contributed by atoms with Gasteiger partial charge in [-0.3, -0.25) is 4.99 Å². The van der Waals surface area contributed by atoms with Gasteiger partial charge >= 0.3 is 0 Å². The largest absolute Gasteiger partial charge is 0.455 e. The third-order valence-corrected chi connectivity index (χ3v) is 3.06. The zero-order chi connectivity index (χ0) is 12.5. The van der Waals surface area contributed by atoms with E-state index in [1.807, 2.05) is 24.3 Å². The normalized spacial score (nSPS) is 15.6. The molecule has 0 radical (unpaired) electrons. The fourth-order valence-corrected chi connectivity index (χ4v) is 2.19. The molecule has 0 saturated heterocycles. The van der Waals surface area contributed by atoms with Gasteiger partial charge in [-0.25, -0.2) is 0 Å². The molecule has 18 heavy (non-hydrogen) atoms. The number of hydrogen-bond donors (Lipinski definition) is 0. The van der Waals surface area contributed by atoms with Crippen molar-refractivity contribution in [2.45, 2.75) is 0 Å². The minimum atomic E-state index is 0.623. The summed E-state index contributed by atoms with van der Waals surface area (Å²) in [6, 6.07) is 16.4. The van der Waals surface area contributed by atoms with Crippen LogP contribution >= 0.6 is 0 Å². The monoisotopic (exact) mass is 235 g/mol. The van der Waals surface area contributed by atoms with Gasteiger partial charge in [0.25, 0.3) is 0 Å². The molecular formula is C16H13NO. The summed E-state index contributed by atoms with van der Waals surface area (Å²) in [4.78, 5) is 4.24. The van der Waals surface area contributed by atoms with E-state index in [4.69, 9.17) is 4.74 Å². The molecule has 2 heteroatoms. The minimum absolute atomic E-state index is 0.623. The quantitative estimate of drug-likeness (QED) is 0.739. The molecule has 2 nitrogen and oxygen atoms in total. The van der Waals surface area contributed by atoms with Gasteiger partial charge < -0.3 is 4.74 Å². The van der Waals surface area contributed by atoms with E-state index in [9.17, 15) is 0 Å². The van der Waals surface area contributed by atoms with Crippen molar-refractivity contribution in [2.75, 3.05) is 7.05 Å². The van der Waals surface area contributed by atoms with Gasteiger partial charge in [0.1, 0.15) is 17.2 Å². The van der Waals surface area contributed by atoms with Gasteiger partial charge in [0, 0.05) is 12.6 Å². The molecule has 88 valence electrons. The zero-order valence-corrected chi connectivity index (χ0v) is 10.2. The molecule has 0 saturated carbocycles. The molecule has 0 spiro atoms. The molecular weight excluding hydrogens is 222 g/mol. The molecule has 1 aliphatic rings. The number of hydrogen-bond acceptors (Lipinski definition) is 2. The third kappa shape index (κ3) is 1.63. The number of rotatable bonds is 1. The first-order chi connectivity index (χ1) is 8.79. The molecule has 0 unspecified atom stereocenters. The van der Waals surface area contributed by atoms with Gasteiger partial charge in [0.05, 0.1) is 0 Å². The Balaban J connectivity index is 2.13. The van der Waals surface area contributed by atoms with Crippen LogP contribution in [0.25, 0.3) is 11.1 Å². The van der Waals surface area contributed by atoms with Crippen molar-refractivity contribution in [3.8, 4) is 16.9 Å². The lowest BCUT2D eigenvalue weighted by molar-refractivity contribution is 0.471. The standard InChI is InChI=1S/C16H13NO/c1-11-16(17-2)14-10-13(8-9-15(14)18-11)12-6-4-3-5-7-12/h3-10H,1H2,2H3. The predicted molar refractivity (Wildman–Crippen MR) is 74.1 cm³/mol. The molecule has 0 amide bonds. The molecule has 1 heterocycles. The van der Waals surface area contributed by atoms with Crippen LogP contribution in [0.1, 0.15) is 5.56 Å². The van der Waals surface area contributed by atoms with Gasteiger partial charge in [-0.15, -0.1) is 0 Å². The highest BCUT2D eigenvalue weighted by Gasteiger charge is 2.23. The summed E-state index contributed by atoms with van der Waals surface area (Å²) in [5.41, 5.74) is 4.20. The molecule has 0 aliphatic carbocycles. The van der Waals surface area contributed by atoms with Crippen molar-refractivity contribution >= 4 is 5.71 Å². The average molecular weight is 235 g/mol. The molecule has 0 N–H and O–H groups in total. The lowest BCUT2D eigenvalue weighted by Gasteiger charge is -2.03. The van der Waals surface area contributed by atoms with Crippen molar-refractivity contribution in [2.24, 2.45) is 4.99 Å². The number of nitrogens with zero attached hydrogens (tertiary/aromatic N) is 1. The molecule has 2 aromatic carbocycles. The Morgan fingerprint density at radius 3 is 2.50 bits per heavy atom. The second-order valence-electron chi connectivity index (χ2n) is 4.17. The Hall–Kier alpha value is -2.35. The van der Waals surface area contributed by atoms with Crippen molar-refractivity contribution in [1.82, 2.24) is 0 Å². The zero-order valence-electron chi connectivity index (χ0n) is 10.2. The first kappa shape index (κ1) is 10.8. The van der Waals surface area contributed by atoms with E-state index in [1.54, 1.807) is 7.05 Å². The summed E-state index contributed by atoms with van der Waals surface area (Å²) in [5, 5.41) is 0. The SMILES string of the molecule is C=C1Oc2ccc(-c3ccccc3)cc2C1=NC. The summed E-state index contributed by atoms with van der Waals surface area (Å²) in [6.45, 7) is 3.87. The first-order valence-corrected chi connectivity index (χ1v) is 5.83. The smallest absolute Gasteiger partial charge is 0.146 e. The third-order valence-electron chi connectivity index (χ3n) is 3.06. The molecule has 1 aliphatic heterocycles. The second kappa shape index (κ2) is 4.15. The fraction of sp³-hybridized carbons (Fsp3) is 0.0625. The lowest BCUT2D eigenvalue weighted by atomic mass is 10.0. The summed E-state index contributed by atoms with van der Waals surface area (Å²) >= 11 is 0. The number of fused-ring (bicyclic) bond motifs is 1. The number of allylic oxidation sites excluding steroid dienone is 1. The fourth-order valence-electron chi connectivity index (χ4n) is 2.19. The number of ether oxygens (including phenoxy) is 1. The van der Waals surface area contributed by atoms with Crippen LogP contribution in [-0.2, 0) is 0 Å². The van der Waals surface area contributed by atoms with Gasteiger partial charge in [-0.2, -0.15) is 0 Å². The van der Waals surface area contributed by atoms with E-state index < -0.39 is 0 Å². The van der Waals surface area contributed by atoms with Crippen molar-refractivity contribution in [1.29, 1.82) is 0 Å². The highest BCUT2D eigenvalue weighted by Crippen LogP contribution is 2.34. The molecule has 0 atom stereocenters. The minimum Gasteiger partial charge on any atom is -0.455 e. The van der Waals surface area contributed by atoms with Crippen LogP contribution in [-0.4, -0.2) is 12.8 Å².